The van der Waals surface area contributed by atoms with E-state index in [1.807, 2.05) is 31.2 Å². The number of aliphatic hydroxyl groups is 1. The van der Waals surface area contributed by atoms with Crippen molar-refractivity contribution in [3.05, 3.63) is 71.2 Å². The second-order valence-corrected chi connectivity index (χ2v) is 7.48. The van der Waals surface area contributed by atoms with Gasteiger partial charge in [-0.1, -0.05) is 31.5 Å². The number of ketones is 1. The molecule has 2 aromatic carbocycles. The van der Waals surface area contributed by atoms with Crippen molar-refractivity contribution >= 4 is 28.4 Å². The number of hydrogen-bond acceptors (Lipinski definition) is 4. The van der Waals surface area contributed by atoms with E-state index in [1.165, 1.54) is 24.1 Å². The number of benzene rings is 2. The number of aliphatic hydroxyl groups excluding tert-OH is 1. The minimum absolute atomic E-state index is 0.0285. The third-order valence-electron chi connectivity index (χ3n) is 5.63. The summed E-state index contributed by atoms with van der Waals surface area (Å²) in [5.74, 6) is -2.32. The average Bonchev–Trinajstić information content (AvgIpc) is 3.30. The van der Waals surface area contributed by atoms with Gasteiger partial charge in [-0.2, -0.15) is 0 Å². The van der Waals surface area contributed by atoms with E-state index in [0.29, 0.717) is 18.5 Å². The lowest BCUT2D eigenvalue weighted by Crippen LogP contribution is -2.30. The quantitative estimate of drug-likeness (QED) is 0.347. The Balaban J connectivity index is 1.96. The smallest absolute Gasteiger partial charge is 0.295 e. The van der Waals surface area contributed by atoms with Gasteiger partial charge < -0.3 is 19.7 Å². The zero-order chi connectivity index (χ0) is 22.1. The minimum Gasteiger partial charge on any atom is -0.507 e. The summed E-state index contributed by atoms with van der Waals surface area (Å²) in [7, 11) is 1.39. The maximum absolute atomic E-state index is 14.0. The summed E-state index contributed by atoms with van der Waals surface area (Å²) >= 11 is 0. The molecule has 0 saturated carbocycles. The average molecular weight is 422 g/mol. The number of likely N-dealkylation sites (tertiary alicyclic amines) is 1. The minimum atomic E-state index is -0.796. The zero-order valence-electron chi connectivity index (χ0n) is 17.3. The first-order chi connectivity index (χ1) is 15.0. The van der Waals surface area contributed by atoms with Crippen LogP contribution in [0.2, 0.25) is 0 Å². The molecule has 1 aromatic heterocycles. The van der Waals surface area contributed by atoms with Gasteiger partial charge in [-0.3, -0.25) is 9.59 Å². The molecule has 7 heteroatoms. The van der Waals surface area contributed by atoms with Crippen LogP contribution in [0.5, 0.6) is 5.75 Å². The first-order valence-corrected chi connectivity index (χ1v) is 10.2. The normalized spacial score (nSPS) is 18.2. The van der Waals surface area contributed by atoms with Gasteiger partial charge in [0.05, 0.1) is 24.3 Å². The Morgan fingerprint density at radius 3 is 2.74 bits per heavy atom. The van der Waals surface area contributed by atoms with Gasteiger partial charge in [0.2, 0.25) is 0 Å². The Morgan fingerprint density at radius 1 is 1.23 bits per heavy atom. The van der Waals surface area contributed by atoms with Crippen molar-refractivity contribution in [2.75, 3.05) is 13.7 Å². The number of H-pyrrole nitrogens is 1. The fraction of sp³-hybridized carbons (Fsp3) is 0.250. The van der Waals surface area contributed by atoms with Crippen LogP contribution in [0.1, 0.15) is 36.9 Å². The molecule has 1 aliphatic heterocycles. The van der Waals surface area contributed by atoms with Gasteiger partial charge in [0.15, 0.2) is 0 Å². The summed E-state index contributed by atoms with van der Waals surface area (Å²) in [5.41, 5.74) is 1.50. The highest BCUT2D eigenvalue weighted by Gasteiger charge is 2.46. The number of Topliss-reactive ketones (excluding diaryl/α,β-unsaturated/α-hetero) is 1. The molecule has 0 spiro atoms. The third kappa shape index (κ3) is 3.46. The number of methoxy groups -OCH3 is 1. The van der Waals surface area contributed by atoms with E-state index >= 15 is 0 Å². The van der Waals surface area contributed by atoms with Crippen molar-refractivity contribution in [3.8, 4) is 5.75 Å². The molecule has 31 heavy (non-hydrogen) atoms. The van der Waals surface area contributed by atoms with Gasteiger partial charge >= 0.3 is 0 Å². The summed E-state index contributed by atoms with van der Waals surface area (Å²) in [4.78, 5) is 30.7. The van der Waals surface area contributed by atoms with Crippen molar-refractivity contribution in [2.24, 2.45) is 0 Å². The molecule has 1 aliphatic rings. The second-order valence-electron chi connectivity index (χ2n) is 7.48. The molecule has 6 nitrogen and oxygen atoms in total. The molecule has 4 rings (SSSR count). The second kappa shape index (κ2) is 8.26. The van der Waals surface area contributed by atoms with Gasteiger partial charge in [0.1, 0.15) is 17.3 Å². The number of rotatable bonds is 6. The molecule has 1 unspecified atom stereocenters. The number of halogens is 1. The fourth-order valence-corrected chi connectivity index (χ4v) is 4.09. The SMILES string of the molecule is CCCCN1C(=O)C(=O)/C(=C(/O)c2cc(F)ccc2OC)C1c1c[nH]c2ccccc12. The van der Waals surface area contributed by atoms with Gasteiger partial charge in [-0.25, -0.2) is 4.39 Å². The van der Waals surface area contributed by atoms with E-state index in [9.17, 15) is 19.1 Å². The third-order valence-corrected chi connectivity index (χ3v) is 5.63. The number of carbonyl (C=O) groups excluding carboxylic acids is 2. The Bertz CT molecular complexity index is 1200. The maximum atomic E-state index is 14.0. The van der Waals surface area contributed by atoms with E-state index < -0.39 is 29.3 Å². The summed E-state index contributed by atoms with van der Waals surface area (Å²) in [5, 5.41) is 12.0. The van der Waals surface area contributed by atoms with E-state index in [1.54, 1.807) is 6.20 Å². The Hall–Kier alpha value is -3.61. The van der Waals surface area contributed by atoms with Gasteiger partial charge in [-0.15, -0.1) is 0 Å². The molecule has 0 aliphatic carbocycles. The standard InChI is InChI=1S/C24H23FN2O4/c1-3-4-11-27-21(17-13-26-18-8-6-5-7-15(17)18)20(23(29)24(27)30)22(28)16-12-14(25)9-10-19(16)31-2/h5-10,12-13,21,26,28H,3-4,11H2,1-2H3/b22-20+. The highest BCUT2D eigenvalue weighted by molar-refractivity contribution is 6.46. The number of aromatic amines is 1. The Kier molecular flexibility index (Phi) is 5.50. The van der Waals surface area contributed by atoms with Crippen molar-refractivity contribution < 1.29 is 23.8 Å². The molecule has 2 heterocycles. The number of para-hydroxylation sites is 1. The van der Waals surface area contributed by atoms with Crippen LogP contribution in [0.15, 0.2) is 54.2 Å². The number of fused-ring (bicyclic) bond motifs is 1. The lowest BCUT2D eigenvalue weighted by atomic mass is 9.94. The number of ether oxygens (including phenoxy) is 1. The van der Waals surface area contributed by atoms with Crippen molar-refractivity contribution in [1.29, 1.82) is 0 Å². The van der Waals surface area contributed by atoms with Crippen LogP contribution in [-0.2, 0) is 9.59 Å². The number of amides is 1. The molecule has 0 bridgehead atoms. The molecule has 1 amide bonds. The first-order valence-electron chi connectivity index (χ1n) is 10.2. The first kappa shape index (κ1) is 20.7. The van der Waals surface area contributed by atoms with E-state index in [2.05, 4.69) is 4.98 Å². The van der Waals surface area contributed by atoms with Crippen LogP contribution in [0, 0.1) is 5.82 Å². The van der Waals surface area contributed by atoms with Crippen LogP contribution in [0.3, 0.4) is 0 Å². The van der Waals surface area contributed by atoms with Crippen LogP contribution < -0.4 is 4.74 Å². The van der Waals surface area contributed by atoms with Gasteiger partial charge in [0.25, 0.3) is 11.7 Å². The number of nitrogens with one attached hydrogen (secondary N) is 1. The fourth-order valence-electron chi connectivity index (χ4n) is 4.09. The van der Waals surface area contributed by atoms with Crippen LogP contribution in [0.4, 0.5) is 4.39 Å². The summed E-state index contributed by atoms with van der Waals surface area (Å²) < 4.78 is 19.2. The largest absolute Gasteiger partial charge is 0.507 e. The van der Waals surface area contributed by atoms with E-state index in [0.717, 1.165) is 23.4 Å². The van der Waals surface area contributed by atoms with Crippen molar-refractivity contribution in [3.63, 3.8) is 0 Å². The lowest BCUT2D eigenvalue weighted by Gasteiger charge is -2.24. The van der Waals surface area contributed by atoms with Crippen molar-refractivity contribution in [2.45, 2.75) is 25.8 Å². The number of aromatic nitrogens is 1. The number of unbranched alkanes of at least 4 members (excludes halogenated alkanes) is 1. The molecule has 2 N–H and O–H groups in total. The summed E-state index contributed by atoms with van der Waals surface area (Å²) in [6.07, 6.45) is 3.28. The number of carbonyl (C=O) groups is 2. The molecule has 160 valence electrons. The highest BCUT2D eigenvalue weighted by Crippen LogP contribution is 2.43. The van der Waals surface area contributed by atoms with Crippen molar-refractivity contribution in [1.82, 2.24) is 9.88 Å². The Morgan fingerprint density at radius 2 is 2.00 bits per heavy atom. The van der Waals surface area contributed by atoms with Crippen LogP contribution in [0.25, 0.3) is 16.7 Å². The molecule has 1 saturated heterocycles. The van der Waals surface area contributed by atoms with Gasteiger partial charge in [-0.05, 0) is 30.7 Å². The summed E-state index contributed by atoms with van der Waals surface area (Å²) in [6.45, 7) is 2.36. The van der Waals surface area contributed by atoms with E-state index in [-0.39, 0.29) is 16.9 Å². The number of hydrogen-bond donors (Lipinski definition) is 2. The monoisotopic (exact) mass is 422 g/mol. The molecule has 1 fully saturated rings. The zero-order valence-corrected chi connectivity index (χ0v) is 17.3. The van der Waals surface area contributed by atoms with E-state index in [4.69, 9.17) is 4.74 Å². The number of nitrogens with zero attached hydrogens (tertiary/aromatic N) is 1. The summed E-state index contributed by atoms with van der Waals surface area (Å²) in [6, 6.07) is 10.4. The molecular formula is C24H23FN2O4. The predicted molar refractivity (Wildman–Crippen MR) is 115 cm³/mol. The maximum Gasteiger partial charge on any atom is 0.295 e. The predicted octanol–water partition coefficient (Wildman–Crippen LogP) is 4.54. The van der Waals surface area contributed by atoms with Crippen LogP contribution >= 0.6 is 0 Å². The Labute approximate surface area is 178 Å². The lowest BCUT2D eigenvalue weighted by molar-refractivity contribution is -0.139. The molecule has 1 atom stereocenters. The molecule has 0 radical (unpaired) electrons. The molecule has 3 aromatic rings. The molecular weight excluding hydrogens is 399 g/mol. The van der Waals surface area contributed by atoms with Crippen LogP contribution in [-0.4, -0.2) is 40.3 Å². The highest BCUT2D eigenvalue weighted by atomic mass is 19.1. The van der Waals surface area contributed by atoms with Gasteiger partial charge in [0, 0.05) is 29.2 Å². The topological polar surface area (TPSA) is 82.6 Å².